The maximum Gasteiger partial charge on any atom is 0.326 e. The van der Waals surface area contributed by atoms with Gasteiger partial charge in [-0.1, -0.05) is 13.3 Å². The van der Waals surface area contributed by atoms with Crippen molar-refractivity contribution in [3.8, 4) is 0 Å². The number of carbonyl (C=O) groups is 4. The van der Waals surface area contributed by atoms with Gasteiger partial charge in [0.1, 0.15) is 12.1 Å². The molecule has 0 aromatic carbocycles. The van der Waals surface area contributed by atoms with E-state index in [2.05, 4.69) is 5.32 Å². The molecule has 118 valence electrons. The summed E-state index contributed by atoms with van der Waals surface area (Å²) in [4.78, 5) is 46.9. The van der Waals surface area contributed by atoms with Gasteiger partial charge in [-0.05, 0) is 25.7 Å². The van der Waals surface area contributed by atoms with Crippen LogP contribution < -0.4 is 5.32 Å². The van der Waals surface area contributed by atoms with Crippen molar-refractivity contribution in [1.82, 2.24) is 10.2 Å². The molecule has 2 amide bonds. The average molecular weight is 300 g/mol. The molecule has 8 nitrogen and oxygen atoms in total. The first kappa shape index (κ1) is 16.9. The minimum atomic E-state index is -1.22. The van der Waals surface area contributed by atoms with Gasteiger partial charge in [0.15, 0.2) is 0 Å². The summed E-state index contributed by atoms with van der Waals surface area (Å²) in [6, 6.07) is -2.16. The van der Waals surface area contributed by atoms with Crippen molar-refractivity contribution in [1.29, 1.82) is 0 Å². The lowest BCUT2D eigenvalue weighted by Gasteiger charge is -2.32. The molecule has 1 saturated heterocycles. The minimum absolute atomic E-state index is 0.189. The molecule has 0 radical (unpaired) electrons. The predicted molar refractivity (Wildman–Crippen MR) is 71.5 cm³/mol. The van der Waals surface area contributed by atoms with Crippen molar-refractivity contribution >= 4 is 23.8 Å². The van der Waals surface area contributed by atoms with Crippen LogP contribution in [0.3, 0.4) is 0 Å². The summed E-state index contributed by atoms with van der Waals surface area (Å²) in [6.07, 6.45) is 2.34. The first-order valence-corrected chi connectivity index (χ1v) is 6.95. The number of nitrogens with zero attached hydrogens (tertiary/aromatic N) is 1. The number of nitrogens with one attached hydrogen (secondary N) is 1. The Labute approximate surface area is 122 Å². The van der Waals surface area contributed by atoms with E-state index in [4.69, 9.17) is 10.2 Å². The summed E-state index contributed by atoms with van der Waals surface area (Å²) < 4.78 is 0. The van der Waals surface area contributed by atoms with Gasteiger partial charge in [0.25, 0.3) is 0 Å². The number of rotatable bonds is 5. The Bertz CT molecular complexity index is 436. The van der Waals surface area contributed by atoms with E-state index >= 15 is 0 Å². The minimum Gasteiger partial charge on any atom is -0.480 e. The van der Waals surface area contributed by atoms with E-state index in [0.29, 0.717) is 25.7 Å². The van der Waals surface area contributed by atoms with Crippen LogP contribution in [0.1, 0.15) is 39.0 Å². The number of piperidine rings is 1. The van der Waals surface area contributed by atoms with Crippen LogP contribution in [0, 0.1) is 0 Å². The second-order valence-corrected chi connectivity index (χ2v) is 5.00. The molecule has 1 heterocycles. The normalized spacial score (nSPS) is 19.7. The molecule has 2 atom stereocenters. The molecule has 8 heteroatoms. The van der Waals surface area contributed by atoms with Crippen molar-refractivity contribution in [2.75, 3.05) is 6.54 Å². The number of carboxylic acids is 2. The van der Waals surface area contributed by atoms with Crippen molar-refractivity contribution < 1.29 is 29.4 Å². The van der Waals surface area contributed by atoms with Crippen LogP contribution in [-0.4, -0.2) is 57.5 Å². The van der Waals surface area contributed by atoms with E-state index in [1.54, 1.807) is 6.92 Å². The van der Waals surface area contributed by atoms with Gasteiger partial charge in [0.05, 0.1) is 0 Å². The van der Waals surface area contributed by atoms with E-state index in [9.17, 15) is 19.2 Å². The fourth-order valence-corrected chi connectivity index (χ4v) is 2.33. The molecule has 3 N–H and O–H groups in total. The van der Waals surface area contributed by atoms with Gasteiger partial charge in [-0.2, -0.15) is 0 Å². The number of aliphatic carboxylic acids is 2. The monoisotopic (exact) mass is 300 g/mol. The highest BCUT2D eigenvalue weighted by Crippen LogP contribution is 2.17. The third kappa shape index (κ3) is 4.44. The van der Waals surface area contributed by atoms with E-state index < -0.39 is 35.8 Å². The molecule has 0 aromatic rings. The van der Waals surface area contributed by atoms with Gasteiger partial charge in [0.2, 0.25) is 0 Å². The van der Waals surface area contributed by atoms with Gasteiger partial charge in [0, 0.05) is 6.54 Å². The van der Waals surface area contributed by atoms with Crippen molar-refractivity contribution in [2.24, 2.45) is 0 Å². The quantitative estimate of drug-likeness (QED) is 0.605. The molecule has 1 rings (SSSR count). The van der Waals surface area contributed by atoms with Gasteiger partial charge >= 0.3 is 23.8 Å². The molecule has 1 fully saturated rings. The molecule has 21 heavy (non-hydrogen) atoms. The topological polar surface area (TPSA) is 124 Å². The van der Waals surface area contributed by atoms with E-state index in [-0.39, 0.29) is 13.0 Å². The first-order chi connectivity index (χ1) is 9.88. The molecule has 0 spiro atoms. The molecule has 0 bridgehead atoms. The molecular formula is C13H20N2O6. The largest absolute Gasteiger partial charge is 0.480 e. The second-order valence-electron chi connectivity index (χ2n) is 5.00. The predicted octanol–water partition coefficient (Wildman–Crippen LogP) is -0.178. The van der Waals surface area contributed by atoms with Crippen LogP contribution in [-0.2, 0) is 19.2 Å². The third-order valence-corrected chi connectivity index (χ3v) is 3.42. The van der Waals surface area contributed by atoms with Crippen molar-refractivity contribution in [3.05, 3.63) is 0 Å². The highest BCUT2D eigenvalue weighted by Gasteiger charge is 2.36. The molecule has 1 aliphatic rings. The number of carboxylic acid groups (broad SMARTS) is 2. The van der Waals surface area contributed by atoms with Crippen LogP contribution >= 0.6 is 0 Å². The first-order valence-electron chi connectivity index (χ1n) is 6.95. The zero-order chi connectivity index (χ0) is 16.0. The maximum absolute atomic E-state index is 12.0. The molecule has 1 aliphatic heterocycles. The lowest BCUT2D eigenvalue weighted by Crippen LogP contribution is -2.55. The lowest BCUT2D eigenvalue weighted by molar-refractivity contribution is -0.157. The molecule has 0 saturated carbocycles. The standard InChI is InChI=1S/C13H20N2O6/c1-2-5-8(12(18)19)14-10(16)11(17)15-7-4-3-6-9(15)13(20)21/h8-9H,2-7H2,1H3,(H,14,16)(H,18,19)(H,20,21)/t8?,9-/m1/s1. The zero-order valence-electron chi connectivity index (χ0n) is 11.9. The second kappa shape index (κ2) is 7.61. The number of amides is 2. The Morgan fingerprint density at radius 2 is 1.90 bits per heavy atom. The van der Waals surface area contributed by atoms with Gasteiger partial charge < -0.3 is 20.4 Å². The summed E-state index contributed by atoms with van der Waals surface area (Å²) >= 11 is 0. The van der Waals surface area contributed by atoms with E-state index in [1.165, 1.54) is 0 Å². The number of carbonyl (C=O) groups excluding carboxylic acids is 2. The maximum atomic E-state index is 12.0. The van der Waals surface area contributed by atoms with Crippen LogP contribution in [0.5, 0.6) is 0 Å². The Kier molecular flexibility index (Phi) is 6.13. The number of hydrogen-bond acceptors (Lipinski definition) is 4. The summed E-state index contributed by atoms with van der Waals surface area (Å²) in [5.74, 6) is -4.42. The molecule has 0 aliphatic carbocycles. The van der Waals surface area contributed by atoms with Crippen LogP contribution in [0.15, 0.2) is 0 Å². The summed E-state index contributed by atoms with van der Waals surface area (Å²) in [5.41, 5.74) is 0. The fourth-order valence-electron chi connectivity index (χ4n) is 2.33. The Hall–Kier alpha value is -2.12. The van der Waals surface area contributed by atoms with Gasteiger partial charge in [-0.15, -0.1) is 0 Å². The number of likely N-dealkylation sites (tertiary alicyclic amines) is 1. The molecular weight excluding hydrogens is 280 g/mol. The highest BCUT2D eigenvalue weighted by molar-refractivity contribution is 6.35. The SMILES string of the molecule is CCCC(NC(=O)C(=O)N1CCCC[C@@H]1C(=O)O)C(=O)O. The van der Waals surface area contributed by atoms with Gasteiger partial charge in [-0.3, -0.25) is 9.59 Å². The van der Waals surface area contributed by atoms with E-state index in [1.807, 2.05) is 0 Å². The molecule has 1 unspecified atom stereocenters. The number of hydrogen-bond donors (Lipinski definition) is 3. The Morgan fingerprint density at radius 3 is 2.43 bits per heavy atom. The van der Waals surface area contributed by atoms with Crippen LogP contribution in [0.2, 0.25) is 0 Å². The highest BCUT2D eigenvalue weighted by atomic mass is 16.4. The van der Waals surface area contributed by atoms with Crippen LogP contribution in [0.25, 0.3) is 0 Å². The summed E-state index contributed by atoms with van der Waals surface area (Å²) in [7, 11) is 0. The smallest absolute Gasteiger partial charge is 0.326 e. The zero-order valence-corrected chi connectivity index (χ0v) is 11.9. The lowest BCUT2D eigenvalue weighted by atomic mass is 10.0. The average Bonchev–Trinajstić information content (AvgIpc) is 2.45. The summed E-state index contributed by atoms with van der Waals surface area (Å²) in [6.45, 7) is 1.95. The van der Waals surface area contributed by atoms with Crippen molar-refractivity contribution in [2.45, 2.75) is 51.1 Å². The third-order valence-electron chi connectivity index (χ3n) is 3.42. The summed E-state index contributed by atoms with van der Waals surface area (Å²) in [5, 5.41) is 20.2. The van der Waals surface area contributed by atoms with Gasteiger partial charge in [-0.25, -0.2) is 9.59 Å². The fraction of sp³-hybridized carbons (Fsp3) is 0.692. The Balaban J connectivity index is 2.73. The van der Waals surface area contributed by atoms with E-state index in [0.717, 1.165) is 4.90 Å². The molecule has 0 aromatic heterocycles. The Morgan fingerprint density at radius 1 is 1.24 bits per heavy atom. The van der Waals surface area contributed by atoms with Crippen molar-refractivity contribution in [3.63, 3.8) is 0 Å². The van der Waals surface area contributed by atoms with Crippen LogP contribution in [0.4, 0.5) is 0 Å².